The van der Waals surface area contributed by atoms with Crippen molar-refractivity contribution in [2.75, 3.05) is 13.7 Å². The molecule has 0 N–H and O–H groups in total. The van der Waals surface area contributed by atoms with Gasteiger partial charge in [-0.3, -0.25) is 4.79 Å². The maximum Gasteiger partial charge on any atom is 0.168 e. The van der Waals surface area contributed by atoms with Crippen LogP contribution < -0.4 is 0 Å². The summed E-state index contributed by atoms with van der Waals surface area (Å²) < 4.78 is 17.9. The van der Waals surface area contributed by atoms with Crippen molar-refractivity contribution in [3.05, 3.63) is 35.1 Å². The highest BCUT2D eigenvalue weighted by Crippen LogP contribution is 2.12. The van der Waals surface area contributed by atoms with Gasteiger partial charge in [0, 0.05) is 13.5 Å². The van der Waals surface area contributed by atoms with Crippen LogP contribution in [0.15, 0.2) is 18.2 Å². The van der Waals surface area contributed by atoms with Crippen LogP contribution in [0.25, 0.3) is 0 Å². The SMILES string of the molecule is COCCC(=O)c1cc(C)ccc1F. The van der Waals surface area contributed by atoms with Crippen LogP contribution in [0, 0.1) is 12.7 Å². The molecule has 0 spiro atoms. The third-order valence-corrected chi connectivity index (χ3v) is 1.96. The number of ketones is 1. The number of hydrogen-bond donors (Lipinski definition) is 0. The quantitative estimate of drug-likeness (QED) is 0.691. The van der Waals surface area contributed by atoms with E-state index in [1.54, 1.807) is 12.1 Å². The van der Waals surface area contributed by atoms with Crippen molar-refractivity contribution in [1.29, 1.82) is 0 Å². The summed E-state index contributed by atoms with van der Waals surface area (Å²) in [6.07, 6.45) is 0.219. The van der Waals surface area contributed by atoms with Gasteiger partial charge in [-0.2, -0.15) is 0 Å². The third-order valence-electron chi connectivity index (χ3n) is 1.96. The molecule has 1 aromatic carbocycles. The van der Waals surface area contributed by atoms with Crippen LogP contribution in [0.1, 0.15) is 22.3 Å². The van der Waals surface area contributed by atoms with Crippen LogP contribution in [-0.2, 0) is 4.74 Å². The molecule has 3 heteroatoms. The summed E-state index contributed by atoms with van der Waals surface area (Å²) in [5.41, 5.74) is 1.04. The number of benzene rings is 1. The number of aryl methyl sites for hydroxylation is 1. The molecule has 0 aliphatic rings. The predicted molar refractivity (Wildman–Crippen MR) is 52.0 cm³/mol. The Labute approximate surface area is 82.7 Å². The first-order valence-electron chi connectivity index (χ1n) is 4.43. The lowest BCUT2D eigenvalue weighted by Gasteiger charge is -2.03. The number of rotatable bonds is 4. The van der Waals surface area contributed by atoms with Gasteiger partial charge >= 0.3 is 0 Å². The van der Waals surface area contributed by atoms with E-state index >= 15 is 0 Å². The van der Waals surface area contributed by atoms with Crippen molar-refractivity contribution >= 4 is 5.78 Å². The zero-order valence-corrected chi connectivity index (χ0v) is 8.34. The average molecular weight is 196 g/mol. The maximum absolute atomic E-state index is 13.2. The van der Waals surface area contributed by atoms with Crippen molar-refractivity contribution < 1.29 is 13.9 Å². The van der Waals surface area contributed by atoms with Crippen LogP contribution >= 0.6 is 0 Å². The summed E-state index contributed by atoms with van der Waals surface area (Å²) in [4.78, 5) is 11.5. The molecule has 0 heterocycles. The van der Waals surface area contributed by atoms with E-state index in [1.165, 1.54) is 13.2 Å². The maximum atomic E-state index is 13.2. The normalized spacial score (nSPS) is 10.2. The molecule has 0 fully saturated rings. The molecule has 0 saturated carbocycles. The van der Waals surface area contributed by atoms with E-state index in [4.69, 9.17) is 4.74 Å². The van der Waals surface area contributed by atoms with E-state index < -0.39 is 5.82 Å². The molecule has 0 saturated heterocycles. The van der Waals surface area contributed by atoms with E-state index in [0.717, 1.165) is 5.56 Å². The van der Waals surface area contributed by atoms with Gasteiger partial charge in [-0.05, 0) is 19.1 Å². The monoisotopic (exact) mass is 196 g/mol. The minimum atomic E-state index is -0.461. The molecule has 1 rings (SSSR count). The Hall–Kier alpha value is -1.22. The van der Waals surface area contributed by atoms with Crippen molar-refractivity contribution in [2.24, 2.45) is 0 Å². The lowest BCUT2D eigenvalue weighted by Crippen LogP contribution is -2.06. The van der Waals surface area contributed by atoms with Crippen LogP contribution in [0.2, 0.25) is 0 Å². The summed E-state index contributed by atoms with van der Waals surface area (Å²) >= 11 is 0. The average Bonchev–Trinajstić information content (AvgIpc) is 2.18. The Kier molecular flexibility index (Phi) is 3.77. The summed E-state index contributed by atoms with van der Waals surface area (Å²) in [5, 5.41) is 0. The molecule has 0 radical (unpaired) electrons. The summed E-state index contributed by atoms with van der Waals surface area (Å²) in [6.45, 7) is 2.15. The number of methoxy groups -OCH3 is 1. The predicted octanol–water partition coefficient (Wildman–Crippen LogP) is 2.35. The van der Waals surface area contributed by atoms with E-state index in [-0.39, 0.29) is 17.8 Å². The Morgan fingerprint density at radius 1 is 1.50 bits per heavy atom. The van der Waals surface area contributed by atoms with Crippen molar-refractivity contribution in [3.8, 4) is 0 Å². The number of Topliss-reactive ketones (excluding diaryl/α,β-unsaturated/α-hetero) is 1. The topological polar surface area (TPSA) is 26.3 Å². The number of hydrogen-bond acceptors (Lipinski definition) is 2. The molecule has 0 atom stereocenters. The van der Waals surface area contributed by atoms with Crippen molar-refractivity contribution in [3.63, 3.8) is 0 Å². The minimum Gasteiger partial charge on any atom is -0.384 e. The third kappa shape index (κ3) is 2.64. The number of halogens is 1. The molecule has 0 aromatic heterocycles. The van der Waals surface area contributed by atoms with Crippen molar-refractivity contribution in [1.82, 2.24) is 0 Å². The molecule has 1 aromatic rings. The van der Waals surface area contributed by atoms with Gasteiger partial charge < -0.3 is 4.74 Å². The molecule has 0 unspecified atom stereocenters. The largest absolute Gasteiger partial charge is 0.384 e. The molecular weight excluding hydrogens is 183 g/mol. The zero-order chi connectivity index (χ0) is 10.6. The first kappa shape index (κ1) is 10.9. The Balaban J connectivity index is 2.83. The number of carbonyl (C=O) groups excluding carboxylic acids is 1. The van der Waals surface area contributed by atoms with E-state index in [1.807, 2.05) is 6.92 Å². The fraction of sp³-hybridized carbons (Fsp3) is 0.364. The second kappa shape index (κ2) is 4.86. The first-order chi connectivity index (χ1) is 6.65. The van der Waals surface area contributed by atoms with E-state index in [0.29, 0.717) is 6.61 Å². The molecule has 0 aliphatic heterocycles. The highest BCUT2D eigenvalue weighted by molar-refractivity contribution is 5.96. The van der Waals surface area contributed by atoms with E-state index in [9.17, 15) is 9.18 Å². The van der Waals surface area contributed by atoms with Crippen LogP contribution in [0.5, 0.6) is 0 Å². The van der Waals surface area contributed by atoms with Crippen LogP contribution in [-0.4, -0.2) is 19.5 Å². The molecule has 76 valence electrons. The zero-order valence-electron chi connectivity index (χ0n) is 8.34. The Bertz CT molecular complexity index is 334. The fourth-order valence-electron chi connectivity index (χ4n) is 1.18. The minimum absolute atomic E-state index is 0.155. The summed E-state index contributed by atoms with van der Waals surface area (Å²) in [7, 11) is 1.51. The van der Waals surface area contributed by atoms with Gasteiger partial charge in [-0.25, -0.2) is 4.39 Å². The molecular formula is C11H13FO2. The molecule has 0 bridgehead atoms. The first-order valence-corrected chi connectivity index (χ1v) is 4.43. The Morgan fingerprint density at radius 2 is 2.21 bits per heavy atom. The van der Waals surface area contributed by atoms with Gasteiger partial charge in [0.2, 0.25) is 0 Å². The number of carbonyl (C=O) groups is 1. The summed E-state index contributed by atoms with van der Waals surface area (Å²) in [6, 6.07) is 4.52. The molecule has 0 aliphatic carbocycles. The molecule has 14 heavy (non-hydrogen) atoms. The summed E-state index contributed by atoms with van der Waals surface area (Å²) in [5.74, 6) is -0.676. The van der Waals surface area contributed by atoms with Gasteiger partial charge in [-0.1, -0.05) is 11.6 Å². The van der Waals surface area contributed by atoms with Crippen LogP contribution in [0.3, 0.4) is 0 Å². The van der Waals surface area contributed by atoms with Gasteiger partial charge in [-0.15, -0.1) is 0 Å². The smallest absolute Gasteiger partial charge is 0.168 e. The highest BCUT2D eigenvalue weighted by Gasteiger charge is 2.10. The molecule has 0 amide bonds. The number of ether oxygens (including phenoxy) is 1. The van der Waals surface area contributed by atoms with Gasteiger partial charge in [0.05, 0.1) is 12.2 Å². The fourth-order valence-corrected chi connectivity index (χ4v) is 1.18. The van der Waals surface area contributed by atoms with Gasteiger partial charge in [0.15, 0.2) is 5.78 Å². The lowest BCUT2D eigenvalue weighted by atomic mass is 10.1. The van der Waals surface area contributed by atoms with Gasteiger partial charge in [0.1, 0.15) is 5.82 Å². The second-order valence-electron chi connectivity index (χ2n) is 3.15. The van der Waals surface area contributed by atoms with Gasteiger partial charge in [0.25, 0.3) is 0 Å². The van der Waals surface area contributed by atoms with E-state index in [2.05, 4.69) is 0 Å². The lowest BCUT2D eigenvalue weighted by molar-refractivity contribution is 0.0928. The second-order valence-corrected chi connectivity index (χ2v) is 3.15. The van der Waals surface area contributed by atoms with Crippen molar-refractivity contribution in [2.45, 2.75) is 13.3 Å². The highest BCUT2D eigenvalue weighted by atomic mass is 19.1. The standard InChI is InChI=1S/C11H13FO2/c1-8-3-4-10(12)9(7-8)11(13)5-6-14-2/h3-4,7H,5-6H2,1-2H3. The molecule has 2 nitrogen and oxygen atoms in total. The Morgan fingerprint density at radius 3 is 2.86 bits per heavy atom. The van der Waals surface area contributed by atoms with Crippen LogP contribution in [0.4, 0.5) is 4.39 Å².